The van der Waals surface area contributed by atoms with Crippen LogP contribution in [0, 0.1) is 10.6 Å². The second-order valence-corrected chi connectivity index (χ2v) is 9.71. The number of aromatic nitrogens is 4. The molecule has 0 aliphatic carbocycles. The molecule has 6 aromatic rings. The second kappa shape index (κ2) is 8.82. The smallest absolute Gasteiger partial charge is 0.138 e. The number of aryl methyl sites for hydroxylation is 1. The highest BCUT2D eigenvalue weighted by Gasteiger charge is 2.39. The summed E-state index contributed by atoms with van der Waals surface area (Å²) in [5.41, 5.74) is 6.98. The predicted octanol–water partition coefficient (Wildman–Crippen LogP) is 6.95. The molecule has 0 saturated heterocycles. The van der Waals surface area contributed by atoms with Gasteiger partial charge in [0.25, 0.3) is 0 Å². The van der Waals surface area contributed by atoms with Gasteiger partial charge in [-0.05, 0) is 58.3 Å². The Morgan fingerprint density at radius 2 is 1.23 bits per heavy atom. The lowest BCUT2D eigenvalue weighted by atomic mass is 9.77. The van der Waals surface area contributed by atoms with Crippen LogP contribution >= 0.6 is 22.6 Å². The van der Waals surface area contributed by atoms with Crippen LogP contribution in [-0.2, 0) is 5.54 Å². The van der Waals surface area contributed by atoms with Gasteiger partial charge in [-0.1, -0.05) is 91.0 Å². The highest BCUT2D eigenvalue weighted by Crippen LogP contribution is 2.41. The summed E-state index contributed by atoms with van der Waals surface area (Å²) in [6.45, 7) is 2.08. The number of benzene rings is 3. The minimum Gasteiger partial charge on any atom is -0.294 e. The molecule has 0 aliphatic heterocycles. The van der Waals surface area contributed by atoms with Crippen molar-refractivity contribution >= 4 is 28.2 Å². The summed E-state index contributed by atoms with van der Waals surface area (Å²) in [6.07, 6.45) is 6.22. The molecule has 6 rings (SSSR count). The third-order valence-corrected chi connectivity index (χ3v) is 7.39. The Kier molecular flexibility index (Phi) is 5.49. The Morgan fingerprint density at radius 3 is 1.77 bits per heavy atom. The molecule has 0 N–H and O–H groups in total. The number of rotatable bonds is 5. The topological polar surface area (TPSA) is 35.1 Å². The molecule has 170 valence electrons. The number of halogens is 1. The van der Waals surface area contributed by atoms with Crippen molar-refractivity contribution in [1.82, 2.24) is 19.2 Å². The number of fused-ring (bicyclic) bond motifs is 1. The highest BCUT2D eigenvalue weighted by molar-refractivity contribution is 14.1. The van der Waals surface area contributed by atoms with Gasteiger partial charge in [-0.2, -0.15) is 5.10 Å². The lowest BCUT2D eigenvalue weighted by molar-refractivity contribution is 0.458. The molecular weight excluding hydrogens is 543 g/mol. The van der Waals surface area contributed by atoms with E-state index in [9.17, 15) is 0 Å². The maximum absolute atomic E-state index is 5.17. The summed E-state index contributed by atoms with van der Waals surface area (Å²) >= 11 is 2.32. The lowest BCUT2D eigenvalue weighted by Gasteiger charge is -2.36. The minimum absolute atomic E-state index is 0.625. The van der Waals surface area contributed by atoms with E-state index < -0.39 is 5.54 Å². The second-order valence-electron chi connectivity index (χ2n) is 8.61. The molecule has 3 aromatic heterocycles. The third kappa shape index (κ3) is 3.58. The first-order chi connectivity index (χ1) is 17.2. The predicted molar refractivity (Wildman–Crippen MR) is 148 cm³/mol. The van der Waals surface area contributed by atoms with Crippen LogP contribution in [0.5, 0.6) is 0 Å². The average molecular weight is 566 g/mol. The van der Waals surface area contributed by atoms with Crippen LogP contribution in [0.15, 0.2) is 122 Å². The molecule has 0 fully saturated rings. The maximum Gasteiger partial charge on any atom is 0.138 e. The summed E-state index contributed by atoms with van der Waals surface area (Å²) in [7, 11) is 0. The Morgan fingerprint density at radius 1 is 0.686 bits per heavy atom. The monoisotopic (exact) mass is 566 g/mol. The molecule has 3 heterocycles. The summed E-state index contributed by atoms with van der Waals surface area (Å²) in [6, 6.07) is 36.1. The van der Waals surface area contributed by atoms with Gasteiger partial charge in [-0.25, -0.2) is 4.98 Å². The van der Waals surface area contributed by atoms with Crippen molar-refractivity contribution in [1.29, 1.82) is 0 Å². The first-order valence-corrected chi connectivity index (χ1v) is 12.6. The Balaban J connectivity index is 1.65. The molecule has 0 amide bonds. The van der Waals surface area contributed by atoms with Crippen LogP contribution in [0.2, 0.25) is 0 Å². The highest BCUT2D eigenvalue weighted by atomic mass is 127. The van der Waals surface area contributed by atoms with E-state index in [4.69, 9.17) is 5.10 Å². The molecule has 0 aliphatic rings. The molecule has 5 heteroatoms. The van der Waals surface area contributed by atoms with E-state index in [1.807, 2.05) is 6.20 Å². The Hall–Kier alpha value is -3.71. The SMILES string of the molecule is Cc1nn(C(c2ccccc2)(c2ccccc2)c2ccccc2)cc1-c1ccc2ncc(I)n2c1. The molecule has 0 bridgehead atoms. The van der Waals surface area contributed by atoms with E-state index in [-0.39, 0.29) is 0 Å². The minimum atomic E-state index is -0.625. The van der Waals surface area contributed by atoms with Gasteiger partial charge in [0.2, 0.25) is 0 Å². The van der Waals surface area contributed by atoms with Gasteiger partial charge in [-0.15, -0.1) is 0 Å². The quantitative estimate of drug-likeness (QED) is 0.167. The molecule has 3 aromatic carbocycles. The Labute approximate surface area is 218 Å². The van der Waals surface area contributed by atoms with Crippen molar-refractivity contribution in [2.45, 2.75) is 12.5 Å². The van der Waals surface area contributed by atoms with Crippen LogP contribution in [-0.4, -0.2) is 19.2 Å². The number of imidazole rings is 1. The van der Waals surface area contributed by atoms with Crippen molar-refractivity contribution in [2.75, 3.05) is 0 Å². The molecule has 0 saturated carbocycles. The first kappa shape index (κ1) is 21.8. The van der Waals surface area contributed by atoms with E-state index in [1.54, 1.807) is 0 Å². The summed E-state index contributed by atoms with van der Waals surface area (Å²) in [5.74, 6) is 0. The first-order valence-electron chi connectivity index (χ1n) is 11.5. The fourth-order valence-electron chi connectivity index (χ4n) is 4.96. The van der Waals surface area contributed by atoms with Crippen LogP contribution in [0.3, 0.4) is 0 Å². The fraction of sp³-hybridized carbons (Fsp3) is 0.0667. The van der Waals surface area contributed by atoms with Gasteiger partial charge in [0.1, 0.15) is 14.9 Å². The fourth-order valence-corrected chi connectivity index (χ4v) is 5.49. The lowest BCUT2D eigenvalue weighted by Crippen LogP contribution is -2.38. The van der Waals surface area contributed by atoms with E-state index in [2.05, 4.69) is 159 Å². The standard InChI is InChI=1S/C30H23IN4/c1-22-27(23-17-18-29-32-19-28(31)34(29)20-23)21-35(33-22)30(24-11-5-2-6-12-24,25-13-7-3-8-14-25)26-15-9-4-10-16-26/h2-21H,1H3. The van der Waals surface area contributed by atoms with Crippen LogP contribution in [0.4, 0.5) is 0 Å². The maximum atomic E-state index is 5.17. The molecule has 0 radical (unpaired) electrons. The van der Waals surface area contributed by atoms with Gasteiger partial charge in [0.15, 0.2) is 0 Å². The van der Waals surface area contributed by atoms with Gasteiger partial charge >= 0.3 is 0 Å². The van der Waals surface area contributed by atoms with Crippen LogP contribution < -0.4 is 0 Å². The van der Waals surface area contributed by atoms with Gasteiger partial charge in [0, 0.05) is 23.5 Å². The zero-order valence-corrected chi connectivity index (χ0v) is 21.4. The average Bonchev–Trinajstić information content (AvgIpc) is 3.49. The normalized spacial score (nSPS) is 11.7. The summed E-state index contributed by atoms with van der Waals surface area (Å²) in [5, 5.41) is 5.17. The van der Waals surface area contributed by atoms with E-state index in [0.29, 0.717) is 0 Å². The van der Waals surface area contributed by atoms with E-state index in [0.717, 1.165) is 42.9 Å². The van der Waals surface area contributed by atoms with Crippen molar-refractivity contribution in [3.8, 4) is 11.1 Å². The number of hydrogen-bond acceptors (Lipinski definition) is 2. The van der Waals surface area contributed by atoms with E-state index >= 15 is 0 Å². The van der Waals surface area contributed by atoms with Crippen molar-refractivity contribution < 1.29 is 0 Å². The van der Waals surface area contributed by atoms with E-state index in [1.165, 1.54) is 0 Å². The molecule has 4 nitrogen and oxygen atoms in total. The molecule has 0 spiro atoms. The van der Waals surface area contributed by atoms with Gasteiger partial charge in [-0.3, -0.25) is 9.08 Å². The summed E-state index contributed by atoms with van der Waals surface area (Å²) in [4.78, 5) is 4.47. The van der Waals surface area contributed by atoms with Crippen LogP contribution in [0.25, 0.3) is 16.8 Å². The van der Waals surface area contributed by atoms with Gasteiger partial charge in [0.05, 0.1) is 11.9 Å². The summed E-state index contributed by atoms with van der Waals surface area (Å²) < 4.78 is 5.34. The molecule has 0 atom stereocenters. The zero-order valence-electron chi connectivity index (χ0n) is 19.2. The number of pyridine rings is 1. The Bertz CT molecular complexity index is 1510. The van der Waals surface area contributed by atoms with Crippen molar-refractivity contribution in [3.63, 3.8) is 0 Å². The zero-order chi connectivity index (χ0) is 23.8. The largest absolute Gasteiger partial charge is 0.294 e. The number of nitrogens with zero attached hydrogens (tertiary/aromatic N) is 4. The van der Waals surface area contributed by atoms with Crippen molar-refractivity contribution in [3.05, 3.63) is 148 Å². The van der Waals surface area contributed by atoms with Gasteiger partial charge < -0.3 is 0 Å². The molecule has 0 unspecified atom stereocenters. The number of hydrogen-bond donors (Lipinski definition) is 0. The molecular formula is C30H23IN4. The molecule has 35 heavy (non-hydrogen) atoms. The van der Waals surface area contributed by atoms with Crippen LogP contribution in [0.1, 0.15) is 22.4 Å². The van der Waals surface area contributed by atoms with Crippen molar-refractivity contribution in [2.24, 2.45) is 0 Å². The third-order valence-electron chi connectivity index (χ3n) is 6.59.